The molecule has 0 aliphatic rings. The van der Waals surface area contributed by atoms with E-state index in [2.05, 4.69) is 20.8 Å². The molecule has 16 heavy (non-hydrogen) atoms. The van der Waals surface area contributed by atoms with Crippen LogP contribution in [0.3, 0.4) is 0 Å². The highest BCUT2D eigenvalue weighted by Crippen LogP contribution is 1.93. The molecule has 6 heteroatoms. The van der Waals surface area contributed by atoms with Crippen LogP contribution in [-0.4, -0.2) is 33.8 Å². The van der Waals surface area contributed by atoms with Gasteiger partial charge >= 0.3 is 0 Å². The van der Waals surface area contributed by atoms with Gasteiger partial charge in [0.05, 0.1) is 6.54 Å². The van der Waals surface area contributed by atoms with Gasteiger partial charge in [0, 0.05) is 26.1 Å². The number of amides is 1. The molecule has 1 aromatic heterocycles. The molecule has 1 heterocycles. The van der Waals surface area contributed by atoms with Crippen LogP contribution in [0.4, 0.5) is 0 Å². The van der Waals surface area contributed by atoms with Crippen molar-refractivity contribution in [2.24, 2.45) is 0 Å². The van der Waals surface area contributed by atoms with Crippen molar-refractivity contribution in [2.75, 3.05) is 13.1 Å². The lowest BCUT2D eigenvalue weighted by Crippen LogP contribution is -2.27. The lowest BCUT2D eigenvalue weighted by Gasteiger charge is -2.05. The molecule has 1 rings (SSSR count). The van der Waals surface area contributed by atoms with Crippen molar-refractivity contribution in [3.05, 3.63) is 12.2 Å². The molecule has 0 radical (unpaired) electrons. The topological polar surface area (TPSA) is 71.8 Å². The number of aryl methyl sites for hydroxylation is 1. The first kappa shape index (κ1) is 12.6. The SMILES string of the molecule is CCNC(=O)CCNCc1nncn1CC. The molecule has 0 aliphatic carbocycles. The lowest BCUT2D eigenvalue weighted by atomic mass is 10.4. The third-order valence-electron chi connectivity index (χ3n) is 2.22. The minimum Gasteiger partial charge on any atom is -0.356 e. The zero-order valence-electron chi connectivity index (χ0n) is 9.86. The summed E-state index contributed by atoms with van der Waals surface area (Å²) < 4.78 is 1.97. The third kappa shape index (κ3) is 3.98. The minimum atomic E-state index is 0.0759. The van der Waals surface area contributed by atoms with Crippen LogP contribution in [0.15, 0.2) is 6.33 Å². The first-order valence-corrected chi connectivity index (χ1v) is 5.62. The fourth-order valence-corrected chi connectivity index (χ4v) is 1.37. The van der Waals surface area contributed by atoms with E-state index >= 15 is 0 Å². The number of hydrogen-bond acceptors (Lipinski definition) is 4. The summed E-state index contributed by atoms with van der Waals surface area (Å²) in [7, 11) is 0. The Labute approximate surface area is 95.4 Å². The van der Waals surface area contributed by atoms with Crippen LogP contribution in [0.25, 0.3) is 0 Å². The number of carbonyl (C=O) groups excluding carboxylic acids is 1. The summed E-state index contributed by atoms with van der Waals surface area (Å²) in [6.45, 7) is 6.80. The number of carbonyl (C=O) groups is 1. The Morgan fingerprint density at radius 1 is 1.50 bits per heavy atom. The number of nitrogens with one attached hydrogen (secondary N) is 2. The van der Waals surface area contributed by atoms with E-state index in [0.29, 0.717) is 26.1 Å². The molecule has 0 unspecified atom stereocenters. The van der Waals surface area contributed by atoms with Crippen molar-refractivity contribution in [2.45, 2.75) is 33.4 Å². The van der Waals surface area contributed by atoms with Gasteiger partial charge in [-0.2, -0.15) is 0 Å². The van der Waals surface area contributed by atoms with Crippen LogP contribution < -0.4 is 10.6 Å². The molecule has 90 valence electrons. The summed E-state index contributed by atoms with van der Waals surface area (Å²) in [5, 5.41) is 13.7. The van der Waals surface area contributed by atoms with Crippen LogP contribution >= 0.6 is 0 Å². The summed E-state index contributed by atoms with van der Waals surface area (Å²) in [6.07, 6.45) is 2.20. The molecule has 0 aromatic carbocycles. The Balaban J connectivity index is 2.18. The maximum atomic E-state index is 11.1. The van der Waals surface area contributed by atoms with E-state index in [4.69, 9.17) is 0 Å². The lowest BCUT2D eigenvalue weighted by molar-refractivity contribution is -0.120. The fraction of sp³-hybridized carbons (Fsp3) is 0.700. The number of aromatic nitrogens is 3. The molecule has 6 nitrogen and oxygen atoms in total. The smallest absolute Gasteiger partial charge is 0.221 e. The van der Waals surface area contributed by atoms with Gasteiger partial charge in [0.1, 0.15) is 12.2 Å². The summed E-state index contributed by atoms with van der Waals surface area (Å²) in [4.78, 5) is 11.1. The molecule has 2 N–H and O–H groups in total. The summed E-state index contributed by atoms with van der Waals surface area (Å²) in [6, 6.07) is 0. The predicted molar refractivity (Wildman–Crippen MR) is 60.7 cm³/mol. The molecular weight excluding hydrogens is 206 g/mol. The van der Waals surface area contributed by atoms with Crippen molar-refractivity contribution in [1.29, 1.82) is 0 Å². The molecule has 0 atom stereocenters. The highest BCUT2D eigenvalue weighted by Gasteiger charge is 2.02. The van der Waals surface area contributed by atoms with E-state index in [9.17, 15) is 4.79 Å². The minimum absolute atomic E-state index is 0.0759. The second kappa shape index (κ2) is 6.95. The predicted octanol–water partition coefficient (Wildman–Crippen LogP) is -0.0862. The summed E-state index contributed by atoms with van der Waals surface area (Å²) in [5.74, 6) is 0.977. The Bertz CT molecular complexity index is 323. The Kier molecular flexibility index (Phi) is 5.49. The van der Waals surface area contributed by atoms with Gasteiger partial charge in [0.15, 0.2) is 0 Å². The molecule has 0 fully saturated rings. The van der Waals surface area contributed by atoms with E-state index in [-0.39, 0.29) is 5.91 Å². The molecule has 0 saturated heterocycles. The zero-order valence-corrected chi connectivity index (χ0v) is 9.86. The van der Waals surface area contributed by atoms with Gasteiger partial charge in [-0.05, 0) is 13.8 Å². The highest BCUT2D eigenvalue weighted by molar-refractivity contribution is 5.75. The molecular formula is C10H19N5O. The van der Waals surface area contributed by atoms with Crippen molar-refractivity contribution in [3.8, 4) is 0 Å². The third-order valence-corrected chi connectivity index (χ3v) is 2.22. The number of nitrogens with zero attached hydrogens (tertiary/aromatic N) is 3. The van der Waals surface area contributed by atoms with Gasteiger partial charge in [0.25, 0.3) is 0 Å². The second-order valence-corrected chi connectivity index (χ2v) is 3.41. The van der Waals surface area contributed by atoms with E-state index in [1.54, 1.807) is 6.33 Å². The van der Waals surface area contributed by atoms with Gasteiger partial charge < -0.3 is 15.2 Å². The van der Waals surface area contributed by atoms with E-state index in [0.717, 1.165) is 12.4 Å². The van der Waals surface area contributed by atoms with Crippen molar-refractivity contribution >= 4 is 5.91 Å². The average molecular weight is 225 g/mol. The maximum Gasteiger partial charge on any atom is 0.221 e. The molecule has 0 bridgehead atoms. The Hall–Kier alpha value is -1.43. The molecule has 0 aliphatic heterocycles. The van der Waals surface area contributed by atoms with Crippen molar-refractivity contribution in [3.63, 3.8) is 0 Å². The van der Waals surface area contributed by atoms with Gasteiger partial charge in [-0.15, -0.1) is 10.2 Å². The largest absolute Gasteiger partial charge is 0.356 e. The fourth-order valence-electron chi connectivity index (χ4n) is 1.37. The molecule has 0 spiro atoms. The van der Waals surface area contributed by atoms with E-state index in [1.165, 1.54) is 0 Å². The first-order chi connectivity index (χ1) is 7.77. The normalized spacial score (nSPS) is 10.4. The monoisotopic (exact) mass is 225 g/mol. The van der Waals surface area contributed by atoms with Crippen LogP contribution in [0.1, 0.15) is 26.1 Å². The standard InChI is InChI=1S/C10H19N5O/c1-3-12-10(16)5-6-11-7-9-14-13-8-15(9)4-2/h8,11H,3-7H2,1-2H3,(H,12,16). The Morgan fingerprint density at radius 2 is 2.31 bits per heavy atom. The van der Waals surface area contributed by atoms with E-state index < -0.39 is 0 Å². The quantitative estimate of drug-likeness (QED) is 0.636. The van der Waals surface area contributed by atoms with Gasteiger partial charge in [-0.1, -0.05) is 0 Å². The zero-order chi connectivity index (χ0) is 11.8. The van der Waals surface area contributed by atoms with Crippen molar-refractivity contribution < 1.29 is 4.79 Å². The Morgan fingerprint density at radius 3 is 3.00 bits per heavy atom. The molecule has 1 amide bonds. The number of rotatable bonds is 7. The average Bonchev–Trinajstić information content (AvgIpc) is 2.72. The van der Waals surface area contributed by atoms with Crippen LogP contribution in [0.2, 0.25) is 0 Å². The van der Waals surface area contributed by atoms with Gasteiger partial charge in [0.2, 0.25) is 5.91 Å². The van der Waals surface area contributed by atoms with E-state index in [1.807, 2.05) is 18.4 Å². The number of hydrogen-bond donors (Lipinski definition) is 2. The first-order valence-electron chi connectivity index (χ1n) is 5.62. The van der Waals surface area contributed by atoms with Gasteiger partial charge in [-0.25, -0.2) is 0 Å². The second-order valence-electron chi connectivity index (χ2n) is 3.41. The summed E-state index contributed by atoms with van der Waals surface area (Å²) in [5.41, 5.74) is 0. The van der Waals surface area contributed by atoms with Crippen LogP contribution in [-0.2, 0) is 17.9 Å². The van der Waals surface area contributed by atoms with Crippen LogP contribution in [0, 0.1) is 0 Å². The summed E-state index contributed by atoms with van der Waals surface area (Å²) >= 11 is 0. The van der Waals surface area contributed by atoms with Crippen LogP contribution in [0.5, 0.6) is 0 Å². The molecule has 1 aromatic rings. The highest BCUT2D eigenvalue weighted by atomic mass is 16.1. The van der Waals surface area contributed by atoms with Gasteiger partial charge in [-0.3, -0.25) is 4.79 Å². The molecule has 0 saturated carbocycles. The van der Waals surface area contributed by atoms with Crippen molar-refractivity contribution in [1.82, 2.24) is 25.4 Å². The maximum absolute atomic E-state index is 11.1.